The maximum Gasteiger partial charge on any atom is 0.261 e. The molecule has 28 heavy (non-hydrogen) atoms. The first-order chi connectivity index (χ1) is 13.4. The summed E-state index contributed by atoms with van der Waals surface area (Å²) in [4.78, 5) is 25.4. The SMILES string of the molecule is Cc1ccc(NC(=O)c2c(C)n(CCc3ccccc3)c(C)cc2=O)cc1C. The van der Waals surface area contributed by atoms with Crippen LogP contribution in [0.3, 0.4) is 0 Å². The number of hydrogen-bond acceptors (Lipinski definition) is 2. The van der Waals surface area contributed by atoms with Crippen molar-refractivity contribution >= 4 is 11.6 Å². The van der Waals surface area contributed by atoms with Crippen LogP contribution >= 0.6 is 0 Å². The Morgan fingerprint density at radius 1 is 0.929 bits per heavy atom. The van der Waals surface area contributed by atoms with Crippen LogP contribution in [0.1, 0.15) is 38.4 Å². The number of anilines is 1. The van der Waals surface area contributed by atoms with E-state index in [4.69, 9.17) is 0 Å². The molecular formula is C24H26N2O2. The molecule has 0 unspecified atom stereocenters. The van der Waals surface area contributed by atoms with E-state index >= 15 is 0 Å². The van der Waals surface area contributed by atoms with E-state index in [9.17, 15) is 9.59 Å². The second-order valence-corrected chi connectivity index (χ2v) is 7.25. The number of pyridine rings is 1. The molecule has 144 valence electrons. The number of nitrogens with zero attached hydrogens (tertiary/aromatic N) is 1. The Bertz CT molecular complexity index is 1070. The molecule has 3 aromatic rings. The molecule has 0 saturated heterocycles. The fraction of sp³-hybridized carbons (Fsp3) is 0.250. The van der Waals surface area contributed by atoms with Gasteiger partial charge in [-0.05, 0) is 62.9 Å². The van der Waals surface area contributed by atoms with Gasteiger partial charge in [0.15, 0.2) is 5.43 Å². The maximum atomic E-state index is 12.9. The Hall–Kier alpha value is -3.14. The van der Waals surface area contributed by atoms with Crippen molar-refractivity contribution in [1.82, 2.24) is 4.57 Å². The highest BCUT2D eigenvalue weighted by atomic mass is 16.2. The van der Waals surface area contributed by atoms with Gasteiger partial charge < -0.3 is 9.88 Å². The lowest BCUT2D eigenvalue weighted by molar-refractivity contribution is 0.102. The number of hydrogen-bond donors (Lipinski definition) is 1. The van der Waals surface area contributed by atoms with Crippen molar-refractivity contribution in [3.05, 3.63) is 98.5 Å². The van der Waals surface area contributed by atoms with Gasteiger partial charge in [-0.1, -0.05) is 36.4 Å². The predicted molar refractivity (Wildman–Crippen MR) is 114 cm³/mol. The van der Waals surface area contributed by atoms with Gasteiger partial charge in [-0.25, -0.2) is 0 Å². The number of aromatic nitrogens is 1. The third-order valence-electron chi connectivity index (χ3n) is 5.24. The molecule has 0 bridgehead atoms. The van der Waals surface area contributed by atoms with Crippen LogP contribution in [0.15, 0.2) is 59.4 Å². The summed E-state index contributed by atoms with van der Waals surface area (Å²) in [6, 6.07) is 17.5. The number of carbonyl (C=O) groups excluding carboxylic acids is 1. The fourth-order valence-electron chi connectivity index (χ4n) is 3.44. The van der Waals surface area contributed by atoms with Crippen LogP contribution in [0, 0.1) is 27.7 Å². The number of benzene rings is 2. The van der Waals surface area contributed by atoms with Gasteiger partial charge in [0.05, 0.1) is 0 Å². The summed E-state index contributed by atoms with van der Waals surface area (Å²) in [6.07, 6.45) is 0.837. The Morgan fingerprint density at radius 3 is 2.32 bits per heavy atom. The molecule has 4 nitrogen and oxygen atoms in total. The minimum atomic E-state index is -0.362. The first kappa shape index (κ1) is 19.6. The van der Waals surface area contributed by atoms with Gasteiger partial charge in [-0.15, -0.1) is 0 Å². The van der Waals surface area contributed by atoms with Gasteiger partial charge >= 0.3 is 0 Å². The minimum Gasteiger partial charge on any atom is -0.348 e. The normalized spacial score (nSPS) is 10.7. The first-order valence-corrected chi connectivity index (χ1v) is 9.50. The van der Waals surface area contributed by atoms with Gasteiger partial charge in [0.25, 0.3) is 5.91 Å². The largest absolute Gasteiger partial charge is 0.348 e. The molecule has 0 fully saturated rings. The third-order valence-corrected chi connectivity index (χ3v) is 5.24. The second-order valence-electron chi connectivity index (χ2n) is 7.25. The standard InChI is InChI=1S/C24H26N2O2/c1-16-10-11-21(14-17(16)2)25-24(28)23-19(4)26(18(3)15-22(23)27)13-12-20-8-6-5-7-9-20/h5-11,14-15H,12-13H2,1-4H3,(H,25,28). The van der Waals surface area contributed by atoms with E-state index in [0.717, 1.165) is 23.2 Å². The fourth-order valence-corrected chi connectivity index (χ4v) is 3.44. The smallest absolute Gasteiger partial charge is 0.261 e. The molecule has 0 atom stereocenters. The highest BCUT2D eigenvalue weighted by molar-refractivity contribution is 6.05. The van der Waals surface area contributed by atoms with Crippen molar-refractivity contribution in [2.24, 2.45) is 0 Å². The number of amides is 1. The zero-order valence-electron chi connectivity index (χ0n) is 16.9. The lowest BCUT2D eigenvalue weighted by Gasteiger charge is -2.18. The first-order valence-electron chi connectivity index (χ1n) is 9.50. The predicted octanol–water partition coefficient (Wildman–Crippen LogP) is 4.58. The van der Waals surface area contributed by atoms with Crippen LogP contribution in [0.2, 0.25) is 0 Å². The van der Waals surface area contributed by atoms with Crippen molar-refractivity contribution in [2.75, 3.05) is 5.32 Å². The second kappa shape index (κ2) is 8.26. The molecule has 0 radical (unpaired) electrons. The summed E-state index contributed by atoms with van der Waals surface area (Å²) in [6.45, 7) is 8.49. The summed E-state index contributed by atoms with van der Waals surface area (Å²) in [5, 5.41) is 2.88. The van der Waals surface area contributed by atoms with E-state index in [0.29, 0.717) is 17.9 Å². The summed E-state index contributed by atoms with van der Waals surface area (Å²) < 4.78 is 2.05. The van der Waals surface area contributed by atoms with Crippen molar-refractivity contribution in [3.63, 3.8) is 0 Å². The molecule has 3 rings (SSSR count). The Kier molecular flexibility index (Phi) is 5.78. The summed E-state index contributed by atoms with van der Waals surface area (Å²) in [7, 11) is 0. The number of nitrogens with one attached hydrogen (secondary N) is 1. The molecule has 1 amide bonds. The van der Waals surface area contributed by atoms with Gasteiger partial charge in [0.2, 0.25) is 0 Å². The number of carbonyl (C=O) groups is 1. The quantitative estimate of drug-likeness (QED) is 0.711. The van der Waals surface area contributed by atoms with Crippen LogP contribution in [-0.4, -0.2) is 10.5 Å². The third kappa shape index (κ3) is 4.22. The van der Waals surface area contributed by atoms with E-state index in [-0.39, 0.29) is 16.9 Å². The van der Waals surface area contributed by atoms with Crippen LogP contribution in [0.5, 0.6) is 0 Å². The Morgan fingerprint density at radius 2 is 1.64 bits per heavy atom. The molecule has 0 saturated carbocycles. The molecule has 0 aliphatic heterocycles. The Labute approximate surface area is 165 Å². The molecule has 1 heterocycles. The molecule has 0 spiro atoms. The van der Waals surface area contributed by atoms with Crippen molar-refractivity contribution in [3.8, 4) is 0 Å². The topological polar surface area (TPSA) is 51.1 Å². The van der Waals surface area contributed by atoms with Gasteiger partial charge in [0, 0.05) is 29.7 Å². The van der Waals surface area contributed by atoms with Crippen LogP contribution < -0.4 is 10.7 Å². The maximum absolute atomic E-state index is 12.9. The lowest BCUT2D eigenvalue weighted by Crippen LogP contribution is -2.27. The van der Waals surface area contributed by atoms with Gasteiger partial charge in [0.1, 0.15) is 5.56 Å². The molecule has 2 aromatic carbocycles. The molecule has 4 heteroatoms. The highest BCUT2D eigenvalue weighted by Gasteiger charge is 2.18. The summed E-state index contributed by atoms with van der Waals surface area (Å²) in [5.41, 5.74) is 5.70. The average Bonchev–Trinajstić information content (AvgIpc) is 2.65. The number of rotatable bonds is 5. The minimum absolute atomic E-state index is 0.205. The zero-order valence-corrected chi connectivity index (χ0v) is 16.9. The number of aryl methyl sites for hydroxylation is 4. The van der Waals surface area contributed by atoms with E-state index < -0.39 is 0 Å². The van der Waals surface area contributed by atoms with Crippen LogP contribution in [0.4, 0.5) is 5.69 Å². The van der Waals surface area contributed by atoms with Crippen LogP contribution in [-0.2, 0) is 13.0 Å². The monoisotopic (exact) mass is 374 g/mol. The molecule has 0 aliphatic carbocycles. The summed E-state index contributed by atoms with van der Waals surface area (Å²) in [5.74, 6) is -0.362. The van der Waals surface area contributed by atoms with E-state index in [1.54, 1.807) is 6.07 Å². The lowest BCUT2D eigenvalue weighted by atomic mass is 10.1. The highest BCUT2D eigenvalue weighted by Crippen LogP contribution is 2.16. The average molecular weight is 374 g/mol. The molecule has 0 aliphatic rings. The van der Waals surface area contributed by atoms with Crippen molar-refractivity contribution < 1.29 is 4.79 Å². The van der Waals surface area contributed by atoms with E-state index in [1.165, 1.54) is 5.56 Å². The van der Waals surface area contributed by atoms with Crippen molar-refractivity contribution in [1.29, 1.82) is 0 Å². The zero-order chi connectivity index (χ0) is 20.3. The van der Waals surface area contributed by atoms with Gasteiger partial charge in [-0.3, -0.25) is 9.59 Å². The van der Waals surface area contributed by atoms with E-state index in [2.05, 4.69) is 17.4 Å². The van der Waals surface area contributed by atoms with Gasteiger partial charge in [-0.2, -0.15) is 0 Å². The van der Waals surface area contributed by atoms with Crippen molar-refractivity contribution in [2.45, 2.75) is 40.7 Å². The van der Waals surface area contributed by atoms with E-state index in [1.807, 2.05) is 68.7 Å². The molecule has 1 aromatic heterocycles. The summed E-state index contributed by atoms with van der Waals surface area (Å²) >= 11 is 0. The molecule has 1 N–H and O–H groups in total. The Balaban J connectivity index is 1.88. The molecular weight excluding hydrogens is 348 g/mol. The van der Waals surface area contributed by atoms with Crippen LogP contribution in [0.25, 0.3) is 0 Å².